The predicted molar refractivity (Wildman–Crippen MR) is 69.5 cm³/mol. The van der Waals surface area contributed by atoms with Crippen molar-refractivity contribution >= 4 is 29.1 Å². The maximum Gasteiger partial charge on any atom is 0.272 e. The summed E-state index contributed by atoms with van der Waals surface area (Å²) in [6, 6.07) is 6.60. The lowest BCUT2D eigenvalue weighted by atomic mass is 10.1. The number of carbonyl (C=O) groups is 2. The van der Waals surface area contributed by atoms with Crippen LogP contribution < -0.4 is 10.7 Å². The van der Waals surface area contributed by atoms with E-state index in [-0.39, 0.29) is 11.8 Å². The van der Waals surface area contributed by atoms with Crippen LogP contribution in [-0.4, -0.2) is 32.6 Å². The molecule has 0 aliphatic carbocycles. The van der Waals surface area contributed by atoms with Crippen molar-refractivity contribution in [3.8, 4) is 0 Å². The molecule has 0 saturated heterocycles. The molecule has 1 heterocycles. The molecule has 19 heavy (non-hydrogen) atoms. The van der Waals surface area contributed by atoms with Gasteiger partial charge in [0, 0.05) is 0 Å². The highest BCUT2D eigenvalue weighted by molar-refractivity contribution is 6.29. The Labute approximate surface area is 113 Å². The van der Waals surface area contributed by atoms with Gasteiger partial charge in [0.25, 0.3) is 5.91 Å². The molecule has 2 N–H and O–H groups in total. The largest absolute Gasteiger partial charge is 0.324 e. The second-order valence-electron chi connectivity index (χ2n) is 3.54. The molecule has 0 atom stereocenters. The number of para-hydroxylation sites is 1. The lowest BCUT2D eigenvalue weighted by molar-refractivity contribution is -0.113. The predicted octanol–water partition coefficient (Wildman–Crippen LogP) is 0.839. The van der Waals surface area contributed by atoms with E-state index in [1.54, 1.807) is 24.3 Å². The first kappa shape index (κ1) is 13.0. The number of nitrogens with zero attached hydrogens (tertiary/aromatic N) is 3. The highest BCUT2D eigenvalue weighted by atomic mass is 35.5. The van der Waals surface area contributed by atoms with E-state index in [4.69, 9.17) is 11.6 Å². The fourth-order valence-electron chi connectivity index (χ4n) is 1.41. The van der Waals surface area contributed by atoms with Gasteiger partial charge in [-0.25, -0.2) is 4.68 Å². The average Bonchev–Trinajstić information content (AvgIpc) is 2.92. The summed E-state index contributed by atoms with van der Waals surface area (Å²) in [4.78, 5) is 23.3. The number of anilines is 1. The monoisotopic (exact) mass is 279 g/mol. The standard InChI is InChI=1S/C11H10ClN5O2/c12-5-10(18)15-9-4-2-1-3-8(9)11(19)16-17-6-13-14-7-17/h1-4,6-7H,5H2,(H,15,18)(H,16,19). The van der Waals surface area contributed by atoms with E-state index in [1.807, 2.05) is 0 Å². The van der Waals surface area contributed by atoms with Crippen molar-refractivity contribution in [2.24, 2.45) is 0 Å². The number of nitrogens with one attached hydrogen (secondary N) is 2. The summed E-state index contributed by atoms with van der Waals surface area (Å²) < 4.78 is 1.31. The summed E-state index contributed by atoms with van der Waals surface area (Å²) in [7, 11) is 0. The van der Waals surface area contributed by atoms with Crippen LogP contribution in [0.25, 0.3) is 0 Å². The highest BCUT2D eigenvalue weighted by Gasteiger charge is 2.12. The molecule has 2 amide bonds. The van der Waals surface area contributed by atoms with Gasteiger partial charge in [0.05, 0.1) is 11.3 Å². The molecule has 0 spiro atoms. The van der Waals surface area contributed by atoms with Gasteiger partial charge in [0.1, 0.15) is 18.5 Å². The van der Waals surface area contributed by atoms with Crippen LogP contribution in [-0.2, 0) is 4.79 Å². The SMILES string of the molecule is O=C(CCl)Nc1ccccc1C(=O)Nn1cnnc1. The topological polar surface area (TPSA) is 88.9 Å². The molecular weight excluding hydrogens is 270 g/mol. The number of rotatable bonds is 4. The molecule has 1 aromatic carbocycles. The zero-order valence-electron chi connectivity index (χ0n) is 9.71. The number of carbonyl (C=O) groups excluding carboxylic acids is 2. The third-order valence-electron chi connectivity index (χ3n) is 2.22. The number of halogens is 1. The highest BCUT2D eigenvalue weighted by Crippen LogP contribution is 2.15. The van der Waals surface area contributed by atoms with Crippen molar-refractivity contribution in [2.75, 3.05) is 16.6 Å². The fraction of sp³-hybridized carbons (Fsp3) is 0.0909. The molecule has 0 aliphatic rings. The number of benzene rings is 1. The number of amides is 2. The van der Waals surface area contributed by atoms with Gasteiger partial charge in [0.15, 0.2) is 0 Å². The molecule has 8 heteroatoms. The van der Waals surface area contributed by atoms with Gasteiger partial charge in [0.2, 0.25) is 5.91 Å². The van der Waals surface area contributed by atoms with E-state index < -0.39 is 5.91 Å². The Hall–Kier alpha value is -2.41. The maximum atomic E-state index is 12.0. The molecule has 0 radical (unpaired) electrons. The van der Waals surface area contributed by atoms with Crippen molar-refractivity contribution in [3.05, 3.63) is 42.5 Å². The van der Waals surface area contributed by atoms with E-state index in [0.717, 1.165) is 0 Å². The Morgan fingerprint density at radius 3 is 2.58 bits per heavy atom. The summed E-state index contributed by atoms with van der Waals surface area (Å²) in [6.07, 6.45) is 2.69. The second-order valence-corrected chi connectivity index (χ2v) is 3.80. The van der Waals surface area contributed by atoms with E-state index in [2.05, 4.69) is 20.9 Å². The summed E-state index contributed by atoms with van der Waals surface area (Å²) in [5, 5.41) is 9.68. The molecule has 2 aromatic rings. The smallest absolute Gasteiger partial charge is 0.272 e. The Kier molecular flexibility index (Phi) is 4.09. The molecule has 0 unspecified atom stereocenters. The van der Waals surface area contributed by atoms with Gasteiger partial charge in [-0.15, -0.1) is 21.8 Å². The number of aromatic nitrogens is 3. The quantitative estimate of drug-likeness (QED) is 0.812. The summed E-state index contributed by atoms with van der Waals surface area (Å²) >= 11 is 5.42. The minimum Gasteiger partial charge on any atom is -0.324 e. The molecule has 98 valence electrons. The normalized spacial score (nSPS) is 9.95. The molecule has 0 saturated carbocycles. The van der Waals surface area contributed by atoms with Gasteiger partial charge >= 0.3 is 0 Å². The van der Waals surface area contributed by atoms with Gasteiger partial charge in [-0.3, -0.25) is 15.0 Å². The molecule has 0 fully saturated rings. The zero-order chi connectivity index (χ0) is 13.7. The Morgan fingerprint density at radius 2 is 1.89 bits per heavy atom. The van der Waals surface area contributed by atoms with Crippen LogP contribution in [0.1, 0.15) is 10.4 Å². The van der Waals surface area contributed by atoms with Crippen LogP contribution in [0.3, 0.4) is 0 Å². The van der Waals surface area contributed by atoms with Crippen LogP contribution in [0.2, 0.25) is 0 Å². The van der Waals surface area contributed by atoms with Gasteiger partial charge in [-0.05, 0) is 12.1 Å². The number of alkyl halides is 1. The van der Waals surface area contributed by atoms with Gasteiger partial charge in [-0.1, -0.05) is 12.1 Å². The van der Waals surface area contributed by atoms with Crippen molar-refractivity contribution in [2.45, 2.75) is 0 Å². The van der Waals surface area contributed by atoms with Gasteiger partial charge < -0.3 is 5.32 Å². The van der Waals surface area contributed by atoms with Crippen LogP contribution >= 0.6 is 11.6 Å². The van der Waals surface area contributed by atoms with Crippen LogP contribution in [0.5, 0.6) is 0 Å². The third-order valence-corrected chi connectivity index (χ3v) is 2.46. The molecule has 7 nitrogen and oxygen atoms in total. The van der Waals surface area contributed by atoms with Crippen LogP contribution in [0.15, 0.2) is 36.9 Å². The first-order valence-electron chi connectivity index (χ1n) is 5.31. The molecular formula is C11H10ClN5O2. The van der Waals surface area contributed by atoms with E-state index in [1.165, 1.54) is 17.3 Å². The van der Waals surface area contributed by atoms with E-state index in [9.17, 15) is 9.59 Å². The lowest BCUT2D eigenvalue weighted by Crippen LogP contribution is -2.24. The Morgan fingerprint density at radius 1 is 1.21 bits per heavy atom. The minimum atomic E-state index is -0.398. The first-order valence-corrected chi connectivity index (χ1v) is 5.85. The Balaban J connectivity index is 2.19. The Bertz CT molecular complexity index is 585. The molecule has 1 aromatic heterocycles. The maximum absolute atomic E-state index is 12.0. The van der Waals surface area contributed by atoms with Crippen molar-refractivity contribution in [1.29, 1.82) is 0 Å². The zero-order valence-corrected chi connectivity index (χ0v) is 10.5. The summed E-state index contributed by atoms with van der Waals surface area (Å²) in [6.45, 7) is 0. The fourth-order valence-corrected chi connectivity index (χ4v) is 1.48. The van der Waals surface area contributed by atoms with Crippen LogP contribution in [0, 0.1) is 0 Å². The van der Waals surface area contributed by atoms with E-state index in [0.29, 0.717) is 11.3 Å². The van der Waals surface area contributed by atoms with Crippen LogP contribution in [0.4, 0.5) is 5.69 Å². The summed E-state index contributed by atoms with van der Waals surface area (Å²) in [5.74, 6) is -0.960. The van der Waals surface area contributed by atoms with E-state index >= 15 is 0 Å². The second kappa shape index (κ2) is 5.96. The van der Waals surface area contributed by atoms with Crippen molar-refractivity contribution in [1.82, 2.24) is 14.9 Å². The summed E-state index contributed by atoms with van der Waals surface area (Å²) in [5.41, 5.74) is 3.24. The molecule has 0 bridgehead atoms. The number of hydrogen-bond acceptors (Lipinski definition) is 4. The average molecular weight is 280 g/mol. The molecule has 2 rings (SSSR count). The van der Waals surface area contributed by atoms with Crippen molar-refractivity contribution < 1.29 is 9.59 Å². The minimum absolute atomic E-state index is 0.179. The molecule has 0 aliphatic heterocycles. The first-order chi connectivity index (χ1) is 9.20. The lowest BCUT2D eigenvalue weighted by Gasteiger charge is -2.10. The van der Waals surface area contributed by atoms with Gasteiger partial charge in [-0.2, -0.15) is 0 Å². The third kappa shape index (κ3) is 3.29. The number of hydrogen-bond donors (Lipinski definition) is 2. The van der Waals surface area contributed by atoms with Crippen molar-refractivity contribution in [3.63, 3.8) is 0 Å².